The Morgan fingerprint density at radius 1 is 1.25 bits per heavy atom. The lowest BCUT2D eigenvalue weighted by molar-refractivity contribution is -0.145. The fourth-order valence-corrected chi connectivity index (χ4v) is 4.09. The fourth-order valence-electron chi connectivity index (χ4n) is 4.09. The van der Waals surface area contributed by atoms with Gasteiger partial charge >= 0.3 is 0 Å². The van der Waals surface area contributed by atoms with Crippen molar-refractivity contribution in [2.24, 2.45) is 0 Å². The van der Waals surface area contributed by atoms with Crippen LogP contribution in [0.4, 0.5) is 4.39 Å². The van der Waals surface area contributed by atoms with Gasteiger partial charge in [0.1, 0.15) is 11.4 Å². The second kappa shape index (κ2) is 6.54. The quantitative estimate of drug-likeness (QED) is 0.853. The van der Waals surface area contributed by atoms with Crippen LogP contribution in [0, 0.1) is 12.7 Å². The number of halogens is 1. The van der Waals surface area contributed by atoms with Gasteiger partial charge in [-0.1, -0.05) is 13.0 Å². The van der Waals surface area contributed by atoms with Crippen LogP contribution < -0.4 is 0 Å². The van der Waals surface area contributed by atoms with Crippen molar-refractivity contribution in [1.82, 2.24) is 9.80 Å². The Morgan fingerprint density at radius 3 is 2.62 bits per heavy atom. The van der Waals surface area contributed by atoms with E-state index in [1.54, 1.807) is 24.0 Å². The molecule has 1 aromatic rings. The highest BCUT2D eigenvalue weighted by Gasteiger charge is 2.52. The molecule has 2 aliphatic rings. The van der Waals surface area contributed by atoms with Crippen LogP contribution in [-0.2, 0) is 4.79 Å². The Balaban J connectivity index is 1.90. The second-order valence-electron chi connectivity index (χ2n) is 6.95. The molecule has 0 aromatic heterocycles. The highest BCUT2D eigenvalue weighted by Crippen LogP contribution is 2.39. The Hall–Kier alpha value is -1.91. The molecule has 2 saturated heterocycles. The average Bonchev–Trinajstić information content (AvgIpc) is 2.98. The monoisotopic (exact) mass is 332 g/mol. The van der Waals surface area contributed by atoms with Crippen LogP contribution in [0.1, 0.15) is 54.9 Å². The minimum Gasteiger partial charge on any atom is -0.341 e. The third kappa shape index (κ3) is 2.70. The molecular weight excluding hydrogens is 307 g/mol. The maximum absolute atomic E-state index is 13.9. The van der Waals surface area contributed by atoms with E-state index in [9.17, 15) is 14.0 Å². The zero-order valence-electron chi connectivity index (χ0n) is 14.5. The van der Waals surface area contributed by atoms with Crippen LogP contribution in [0.5, 0.6) is 0 Å². The number of hydrogen-bond donors (Lipinski definition) is 0. The predicted octanol–water partition coefficient (Wildman–Crippen LogP) is 3.14. The molecule has 5 heteroatoms. The molecule has 0 saturated carbocycles. The molecule has 2 amide bonds. The van der Waals surface area contributed by atoms with Crippen molar-refractivity contribution in [2.75, 3.05) is 19.6 Å². The Bertz CT molecular complexity index is 659. The number of benzene rings is 1. The zero-order chi connectivity index (χ0) is 17.3. The molecule has 1 spiro atoms. The van der Waals surface area contributed by atoms with Gasteiger partial charge in [-0.25, -0.2) is 4.39 Å². The summed E-state index contributed by atoms with van der Waals surface area (Å²) in [5.41, 5.74) is 0.136. The van der Waals surface area contributed by atoms with Crippen molar-refractivity contribution in [2.45, 2.75) is 51.5 Å². The van der Waals surface area contributed by atoms with E-state index < -0.39 is 5.54 Å². The minimum atomic E-state index is -0.716. The summed E-state index contributed by atoms with van der Waals surface area (Å²) in [4.78, 5) is 29.7. The van der Waals surface area contributed by atoms with Crippen LogP contribution in [0.15, 0.2) is 18.2 Å². The largest absolute Gasteiger partial charge is 0.341 e. The SMILES string of the molecule is CCCN1CCCC2(CCCN2C(=O)c2ccc(C)c(F)c2)C1=O. The molecular formula is C19H25FN2O2. The van der Waals surface area contributed by atoms with E-state index in [0.29, 0.717) is 30.5 Å². The number of amides is 2. The van der Waals surface area contributed by atoms with Crippen molar-refractivity contribution in [3.8, 4) is 0 Å². The lowest BCUT2D eigenvalue weighted by Gasteiger charge is -2.44. The van der Waals surface area contributed by atoms with Gasteiger partial charge in [0.25, 0.3) is 5.91 Å². The van der Waals surface area contributed by atoms with Crippen molar-refractivity contribution >= 4 is 11.8 Å². The molecule has 2 heterocycles. The lowest BCUT2D eigenvalue weighted by Crippen LogP contribution is -2.61. The van der Waals surface area contributed by atoms with E-state index >= 15 is 0 Å². The molecule has 1 aromatic carbocycles. The number of carbonyl (C=O) groups is 2. The Kier molecular flexibility index (Phi) is 4.61. The summed E-state index contributed by atoms with van der Waals surface area (Å²) in [5, 5.41) is 0. The van der Waals surface area contributed by atoms with Crippen LogP contribution in [0.2, 0.25) is 0 Å². The van der Waals surface area contributed by atoms with Crippen molar-refractivity contribution < 1.29 is 14.0 Å². The van der Waals surface area contributed by atoms with E-state index in [4.69, 9.17) is 0 Å². The number of piperidine rings is 1. The van der Waals surface area contributed by atoms with Crippen molar-refractivity contribution in [1.29, 1.82) is 0 Å². The van der Waals surface area contributed by atoms with Crippen molar-refractivity contribution in [3.63, 3.8) is 0 Å². The number of hydrogen-bond acceptors (Lipinski definition) is 2. The van der Waals surface area contributed by atoms with E-state index in [2.05, 4.69) is 6.92 Å². The van der Waals surface area contributed by atoms with E-state index in [1.807, 2.05) is 4.90 Å². The molecule has 130 valence electrons. The van der Waals surface area contributed by atoms with Gasteiger partial charge in [-0.2, -0.15) is 0 Å². The first-order valence-electron chi connectivity index (χ1n) is 8.87. The standard InChI is InChI=1S/C19H25FN2O2/c1-3-10-21-11-4-8-19(18(21)24)9-5-12-22(19)17(23)15-7-6-14(2)16(20)13-15/h6-7,13H,3-5,8-12H2,1-2H3. The molecule has 0 radical (unpaired) electrons. The molecule has 24 heavy (non-hydrogen) atoms. The summed E-state index contributed by atoms with van der Waals surface area (Å²) >= 11 is 0. The number of rotatable bonds is 3. The molecule has 4 nitrogen and oxygen atoms in total. The van der Waals surface area contributed by atoms with E-state index in [0.717, 1.165) is 32.4 Å². The van der Waals surface area contributed by atoms with Gasteiger partial charge in [0.05, 0.1) is 0 Å². The molecule has 2 aliphatic heterocycles. The van der Waals surface area contributed by atoms with Gasteiger partial charge in [0.2, 0.25) is 5.91 Å². The maximum atomic E-state index is 13.9. The first kappa shape index (κ1) is 16.9. The lowest BCUT2D eigenvalue weighted by atomic mass is 9.85. The minimum absolute atomic E-state index is 0.0778. The summed E-state index contributed by atoms with van der Waals surface area (Å²) < 4.78 is 13.9. The summed E-state index contributed by atoms with van der Waals surface area (Å²) in [6.45, 7) is 5.81. The molecule has 1 unspecified atom stereocenters. The smallest absolute Gasteiger partial charge is 0.254 e. The predicted molar refractivity (Wildman–Crippen MR) is 90.2 cm³/mol. The summed E-state index contributed by atoms with van der Waals surface area (Å²) in [6.07, 6.45) is 4.08. The number of carbonyl (C=O) groups excluding carboxylic acids is 2. The van der Waals surface area contributed by atoms with Gasteiger partial charge in [-0.05, 0) is 56.7 Å². The van der Waals surface area contributed by atoms with E-state index in [1.165, 1.54) is 6.07 Å². The van der Waals surface area contributed by atoms with Crippen LogP contribution in [-0.4, -0.2) is 46.8 Å². The number of nitrogens with zero attached hydrogens (tertiary/aromatic N) is 2. The normalized spacial score (nSPS) is 24.0. The summed E-state index contributed by atoms with van der Waals surface area (Å²) in [7, 11) is 0. The van der Waals surface area contributed by atoms with Crippen molar-refractivity contribution in [3.05, 3.63) is 35.1 Å². The topological polar surface area (TPSA) is 40.6 Å². The summed E-state index contributed by atoms with van der Waals surface area (Å²) in [5.74, 6) is -0.524. The second-order valence-corrected chi connectivity index (χ2v) is 6.95. The van der Waals surface area contributed by atoms with Gasteiger partial charge in [-0.3, -0.25) is 9.59 Å². The third-order valence-electron chi connectivity index (χ3n) is 5.35. The molecule has 0 aliphatic carbocycles. The van der Waals surface area contributed by atoms with Crippen LogP contribution in [0.25, 0.3) is 0 Å². The van der Waals surface area contributed by atoms with Gasteiger partial charge in [0.15, 0.2) is 0 Å². The van der Waals surface area contributed by atoms with Gasteiger partial charge < -0.3 is 9.80 Å². The molecule has 2 fully saturated rings. The first-order chi connectivity index (χ1) is 11.5. The van der Waals surface area contributed by atoms with Gasteiger partial charge in [-0.15, -0.1) is 0 Å². The summed E-state index contributed by atoms with van der Waals surface area (Å²) in [6, 6.07) is 4.57. The Labute approximate surface area is 142 Å². The van der Waals surface area contributed by atoms with Gasteiger partial charge in [0, 0.05) is 25.2 Å². The molecule has 3 rings (SSSR count). The number of aryl methyl sites for hydroxylation is 1. The van der Waals surface area contributed by atoms with Crippen LogP contribution in [0.3, 0.4) is 0 Å². The highest BCUT2D eigenvalue weighted by molar-refractivity contribution is 6.00. The third-order valence-corrected chi connectivity index (χ3v) is 5.35. The first-order valence-corrected chi connectivity index (χ1v) is 8.87. The molecule has 0 bridgehead atoms. The maximum Gasteiger partial charge on any atom is 0.254 e. The van der Waals surface area contributed by atoms with Crippen LogP contribution >= 0.6 is 0 Å². The van der Waals surface area contributed by atoms with E-state index in [-0.39, 0.29) is 17.6 Å². The fraction of sp³-hybridized carbons (Fsp3) is 0.579. The highest BCUT2D eigenvalue weighted by atomic mass is 19.1. The molecule has 0 N–H and O–H groups in total. The molecule has 1 atom stereocenters. The average molecular weight is 332 g/mol. The number of likely N-dealkylation sites (tertiary alicyclic amines) is 2. The Morgan fingerprint density at radius 2 is 1.96 bits per heavy atom. The zero-order valence-corrected chi connectivity index (χ0v) is 14.5.